The molecule has 1 atom stereocenters. The van der Waals surface area contributed by atoms with Gasteiger partial charge in [-0.1, -0.05) is 0 Å². The van der Waals surface area contributed by atoms with Crippen molar-refractivity contribution in [1.82, 2.24) is 15.3 Å². The normalized spacial score (nSPS) is 22.5. The van der Waals surface area contributed by atoms with Crippen molar-refractivity contribution in [2.24, 2.45) is 5.92 Å². The number of benzene rings is 1. The minimum absolute atomic E-state index is 0.0789. The zero-order valence-corrected chi connectivity index (χ0v) is 13.1. The fourth-order valence-corrected chi connectivity index (χ4v) is 3.38. The number of aromatic nitrogens is 2. The van der Waals surface area contributed by atoms with Crippen molar-refractivity contribution in [2.75, 3.05) is 25.0 Å². The van der Waals surface area contributed by atoms with Crippen LogP contribution in [0.5, 0.6) is 0 Å². The van der Waals surface area contributed by atoms with E-state index in [2.05, 4.69) is 20.6 Å². The van der Waals surface area contributed by atoms with Gasteiger partial charge in [0.25, 0.3) is 0 Å². The summed E-state index contributed by atoms with van der Waals surface area (Å²) in [5.41, 5.74) is 2.68. The maximum Gasteiger partial charge on any atom is 0.227 e. The number of amides is 1. The van der Waals surface area contributed by atoms with Crippen LogP contribution in [0.25, 0.3) is 11.0 Å². The number of nitrogens with one attached hydrogen (secondary N) is 3. The van der Waals surface area contributed by atoms with Gasteiger partial charge in [0.05, 0.1) is 11.0 Å². The van der Waals surface area contributed by atoms with E-state index >= 15 is 0 Å². The molecule has 2 aromatic rings. The lowest BCUT2D eigenvalue weighted by atomic mass is 9.97. The summed E-state index contributed by atoms with van der Waals surface area (Å²) in [4.78, 5) is 20.3. The van der Waals surface area contributed by atoms with Crippen molar-refractivity contribution in [3.8, 4) is 0 Å². The van der Waals surface area contributed by atoms with Crippen molar-refractivity contribution in [3.63, 3.8) is 0 Å². The quantitative estimate of drug-likeness (QED) is 0.812. The van der Waals surface area contributed by atoms with Gasteiger partial charge in [-0.15, -0.1) is 0 Å². The summed E-state index contributed by atoms with van der Waals surface area (Å²) in [5, 5.41) is 6.32. The molecule has 0 bridgehead atoms. The first kappa shape index (κ1) is 14.7. The van der Waals surface area contributed by atoms with Gasteiger partial charge in [-0.25, -0.2) is 4.98 Å². The number of hydrogen-bond donors (Lipinski definition) is 3. The van der Waals surface area contributed by atoms with Crippen LogP contribution in [0.2, 0.25) is 0 Å². The average molecular weight is 314 g/mol. The Kier molecular flexibility index (Phi) is 4.01. The van der Waals surface area contributed by atoms with E-state index in [-0.39, 0.29) is 17.9 Å². The molecule has 23 heavy (non-hydrogen) atoms. The lowest BCUT2D eigenvalue weighted by molar-refractivity contribution is -0.120. The molecule has 2 aliphatic heterocycles. The van der Waals surface area contributed by atoms with Crippen LogP contribution < -0.4 is 10.6 Å². The number of rotatable bonds is 3. The number of ether oxygens (including phenoxy) is 1. The summed E-state index contributed by atoms with van der Waals surface area (Å²) in [6, 6.07) is 5.82. The second-order valence-electron chi connectivity index (χ2n) is 6.37. The van der Waals surface area contributed by atoms with E-state index < -0.39 is 0 Å². The van der Waals surface area contributed by atoms with Crippen molar-refractivity contribution >= 4 is 22.6 Å². The highest BCUT2D eigenvalue weighted by molar-refractivity contribution is 5.94. The molecule has 1 aromatic carbocycles. The summed E-state index contributed by atoms with van der Waals surface area (Å²) < 4.78 is 5.67. The molecule has 0 spiro atoms. The third-order valence-electron chi connectivity index (χ3n) is 4.71. The maximum absolute atomic E-state index is 12.3. The first-order chi connectivity index (χ1) is 11.3. The zero-order valence-electron chi connectivity index (χ0n) is 13.1. The SMILES string of the molecule is O=C(Nc1ccc2nc(C3CCCO3)[nH]c2c1)C1CCNCC1. The Balaban J connectivity index is 1.50. The Hall–Kier alpha value is -1.92. The first-order valence-electron chi connectivity index (χ1n) is 8.42. The van der Waals surface area contributed by atoms with E-state index in [0.29, 0.717) is 0 Å². The van der Waals surface area contributed by atoms with E-state index in [0.717, 1.165) is 67.9 Å². The van der Waals surface area contributed by atoms with Crippen LogP contribution >= 0.6 is 0 Å². The summed E-state index contributed by atoms with van der Waals surface area (Å²) in [6.07, 6.45) is 3.98. The number of fused-ring (bicyclic) bond motifs is 1. The van der Waals surface area contributed by atoms with Gasteiger partial charge in [0.15, 0.2) is 0 Å². The predicted octanol–water partition coefficient (Wildman–Crippen LogP) is 2.35. The van der Waals surface area contributed by atoms with Crippen molar-refractivity contribution < 1.29 is 9.53 Å². The number of H-pyrrole nitrogens is 1. The molecule has 3 heterocycles. The standard InChI is InChI=1S/C17H22N4O2/c22-17(11-5-7-18-8-6-11)19-12-3-4-13-14(10-12)21-16(20-13)15-2-1-9-23-15/h3-4,10-11,15,18H,1-2,5-9H2,(H,19,22)(H,20,21). The molecule has 2 saturated heterocycles. The molecule has 4 rings (SSSR count). The third-order valence-corrected chi connectivity index (χ3v) is 4.71. The molecule has 6 heteroatoms. The van der Waals surface area contributed by atoms with E-state index in [1.807, 2.05) is 18.2 Å². The minimum Gasteiger partial charge on any atom is -0.370 e. The van der Waals surface area contributed by atoms with E-state index in [1.165, 1.54) is 0 Å². The number of carbonyl (C=O) groups excluding carboxylic acids is 1. The van der Waals surface area contributed by atoms with Crippen LogP contribution in [0, 0.1) is 5.92 Å². The highest BCUT2D eigenvalue weighted by atomic mass is 16.5. The zero-order chi connectivity index (χ0) is 15.6. The molecule has 2 aliphatic rings. The topological polar surface area (TPSA) is 79.0 Å². The fraction of sp³-hybridized carbons (Fsp3) is 0.529. The number of imidazole rings is 1. The van der Waals surface area contributed by atoms with Gasteiger partial charge in [-0.05, 0) is 57.0 Å². The molecule has 6 nitrogen and oxygen atoms in total. The second-order valence-corrected chi connectivity index (χ2v) is 6.37. The van der Waals surface area contributed by atoms with Crippen molar-refractivity contribution in [2.45, 2.75) is 31.8 Å². The molecule has 0 saturated carbocycles. The lowest BCUT2D eigenvalue weighted by Crippen LogP contribution is -2.34. The third kappa shape index (κ3) is 3.09. The molecular weight excluding hydrogens is 292 g/mol. The van der Waals surface area contributed by atoms with Gasteiger partial charge in [0, 0.05) is 18.2 Å². The van der Waals surface area contributed by atoms with Crippen molar-refractivity contribution in [1.29, 1.82) is 0 Å². The van der Waals surface area contributed by atoms with E-state index in [9.17, 15) is 4.79 Å². The molecular formula is C17H22N4O2. The number of carbonyl (C=O) groups is 1. The highest BCUT2D eigenvalue weighted by Gasteiger charge is 2.22. The highest BCUT2D eigenvalue weighted by Crippen LogP contribution is 2.28. The van der Waals surface area contributed by atoms with Crippen LogP contribution in [0.15, 0.2) is 18.2 Å². The molecule has 122 valence electrons. The Bertz CT molecular complexity index is 700. The number of aromatic amines is 1. The first-order valence-corrected chi connectivity index (χ1v) is 8.42. The predicted molar refractivity (Wildman–Crippen MR) is 88.2 cm³/mol. The average Bonchev–Trinajstić information content (AvgIpc) is 3.24. The second kappa shape index (κ2) is 6.29. The van der Waals surface area contributed by atoms with Crippen LogP contribution in [0.3, 0.4) is 0 Å². The van der Waals surface area contributed by atoms with Crippen molar-refractivity contribution in [3.05, 3.63) is 24.0 Å². The summed E-state index contributed by atoms with van der Waals surface area (Å²) in [7, 11) is 0. The molecule has 0 aliphatic carbocycles. The Morgan fingerprint density at radius 2 is 2.13 bits per heavy atom. The van der Waals surface area contributed by atoms with Gasteiger partial charge in [-0.2, -0.15) is 0 Å². The Morgan fingerprint density at radius 3 is 2.91 bits per heavy atom. The number of nitrogens with zero attached hydrogens (tertiary/aromatic N) is 1. The monoisotopic (exact) mass is 314 g/mol. The summed E-state index contributed by atoms with van der Waals surface area (Å²) in [6.45, 7) is 2.64. The van der Waals surface area contributed by atoms with Gasteiger partial charge in [0.1, 0.15) is 11.9 Å². The van der Waals surface area contributed by atoms with E-state index in [4.69, 9.17) is 4.74 Å². The summed E-state index contributed by atoms with van der Waals surface area (Å²) in [5.74, 6) is 1.11. The maximum atomic E-state index is 12.3. The molecule has 0 radical (unpaired) electrons. The van der Waals surface area contributed by atoms with Gasteiger partial charge < -0.3 is 20.4 Å². The molecule has 1 unspecified atom stereocenters. The van der Waals surface area contributed by atoms with Crippen LogP contribution in [0.1, 0.15) is 37.6 Å². The van der Waals surface area contributed by atoms with Gasteiger partial charge >= 0.3 is 0 Å². The van der Waals surface area contributed by atoms with E-state index in [1.54, 1.807) is 0 Å². The smallest absolute Gasteiger partial charge is 0.227 e. The van der Waals surface area contributed by atoms with Crippen LogP contribution in [0.4, 0.5) is 5.69 Å². The number of anilines is 1. The summed E-state index contributed by atoms with van der Waals surface area (Å²) >= 11 is 0. The van der Waals surface area contributed by atoms with Crippen LogP contribution in [-0.2, 0) is 9.53 Å². The minimum atomic E-state index is 0.0789. The van der Waals surface area contributed by atoms with Crippen LogP contribution in [-0.4, -0.2) is 35.6 Å². The Labute approximate surface area is 135 Å². The van der Waals surface area contributed by atoms with Gasteiger partial charge in [0.2, 0.25) is 5.91 Å². The largest absolute Gasteiger partial charge is 0.370 e. The molecule has 1 aromatic heterocycles. The number of piperidine rings is 1. The molecule has 3 N–H and O–H groups in total. The Morgan fingerprint density at radius 1 is 1.26 bits per heavy atom. The van der Waals surface area contributed by atoms with Gasteiger partial charge in [-0.3, -0.25) is 4.79 Å². The fourth-order valence-electron chi connectivity index (χ4n) is 3.38. The number of hydrogen-bond acceptors (Lipinski definition) is 4. The molecule has 2 fully saturated rings. The lowest BCUT2D eigenvalue weighted by Gasteiger charge is -2.21. The molecule has 1 amide bonds.